The minimum Gasteiger partial charge on any atom is -0.466 e. The molecular weight excluding hydrogens is 330 g/mol. The monoisotopic (exact) mass is 347 g/mol. The summed E-state index contributed by atoms with van der Waals surface area (Å²) in [4.78, 5) is 43.0. The maximum Gasteiger partial charge on any atom is 0.311 e. The third kappa shape index (κ3) is 3.32. The summed E-state index contributed by atoms with van der Waals surface area (Å²) in [7, 11) is 0. The summed E-state index contributed by atoms with van der Waals surface area (Å²) in [5.74, 6) is -1.06. The minimum atomic E-state index is -0.408. The van der Waals surface area contributed by atoms with E-state index in [4.69, 9.17) is 9.57 Å². The molecule has 2 heterocycles. The van der Waals surface area contributed by atoms with Crippen LogP contribution in [0.5, 0.6) is 0 Å². The first-order valence-corrected chi connectivity index (χ1v) is 8.56. The molecule has 0 saturated heterocycles. The second kappa shape index (κ2) is 7.11. The van der Waals surface area contributed by atoms with Gasteiger partial charge in [-0.05, 0) is 31.9 Å². The van der Waals surface area contributed by atoms with E-state index in [1.165, 1.54) is 11.3 Å². The first-order chi connectivity index (χ1) is 11.6. The maximum atomic E-state index is 12.2. The summed E-state index contributed by atoms with van der Waals surface area (Å²) in [5, 5.41) is 0.838. The van der Waals surface area contributed by atoms with Crippen molar-refractivity contribution >= 4 is 29.1 Å². The predicted octanol–water partition coefficient (Wildman–Crippen LogP) is 2.30. The van der Waals surface area contributed by atoms with E-state index in [1.807, 2.05) is 18.2 Å². The van der Waals surface area contributed by atoms with Crippen LogP contribution >= 0.6 is 11.3 Å². The molecule has 7 heteroatoms. The Bertz CT molecular complexity index is 746. The van der Waals surface area contributed by atoms with Gasteiger partial charge in [-0.15, -0.1) is 16.4 Å². The molecule has 24 heavy (non-hydrogen) atoms. The number of imide groups is 1. The Hall–Kier alpha value is -2.25. The molecule has 3 rings (SSSR count). The fourth-order valence-electron chi connectivity index (χ4n) is 2.61. The van der Waals surface area contributed by atoms with Gasteiger partial charge in [-0.2, -0.15) is 0 Å². The molecule has 0 spiro atoms. The molecule has 0 unspecified atom stereocenters. The van der Waals surface area contributed by atoms with E-state index in [0.717, 1.165) is 21.2 Å². The van der Waals surface area contributed by atoms with Gasteiger partial charge in [-0.3, -0.25) is 19.2 Å². The smallest absolute Gasteiger partial charge is 0.311 e. The SMILES string of the molecule is CCOC(=O)Cc1ccc(CON2C(=O)C3=C(CCC=C3)C2=O)s1. The normalized spacial score (nSPS) is 16.8. The van der Waals surface area contributed by atoms with Crippen molar-refractivity contribution in [2.24, 2.45) is 0 Å². The van der Waals surface area contributed by atoms with Crippen molar-refractivity contribution < 1.29 is 24.0 Å². The van der Waals surface area contributed by atoms with Gasteiger partial charge in [0.2, 0.25) is 0 Å². The third-order valence-corrected chi connectivity index (χ3v) is 4.76. The molecule has 1 aliphatic carbocycles. The van der Waals surface area contributed by atoms with Crippen LogP contribution in [0.2, 0.25) is 0 Å². The zero-order valence-corrected chi connectivity index (χ0v) is 14.1. The van der Waals surface area contributed by atoms with Crippen LogP contribution in [0.25, 0.3) is 0 Å². The molecule has 1 aromatic heterocycles. The lowest BCUT2D eigenvalue weighted by atomic mass is 10.00. The van der Waals surface area contributed by atoms with Crippen LogP contribution in [0.4, 0.5) is 0 Å². The number of hydrogen-bond donors (Lipinski definition) is 0. The molecule has 6 nitrogen and oxygen atoms in total. The molecule has 0 atom stereocenters. The Morgan fingerprint density at radius 1 is 1.25 bits per heavy atom. The number of carbonyl (C=O) groups excluding carboxylic acids is 3. The quantitative estimate of drug-likeness (QED) is 0.583. The van der Waals surface area contributed by atoms with Gasteiger partial charge in [0.15, 0.2) is 0 Å². The lowest BCUT2D eigenvalue weighted by Gasteiger charge is -2.13. The Balaban J connectivity index is 1.58. The average molecular weight is 347 g/mol. The second-order valence-corrected chi connectivity index (χ2v) is 6.61. The largest absolute Gasteiger partial charge is 0.466 e. The Morgan fingerprint density at radius 2 is 2.04 bits per heavy atom. The summed E-state index contributed by atoms with van der Waals surface area (Å²) in [5.41, 5.74) is 0.956. The number of carbonyl (C=O) groups is 3. The number of nitrogens with zero attached hydrogens (tertiary/aromatic N) is 1. The van der Waals surface area contributed by atoms with Crippen LogP contribution in [0.15, 0.2) is 35.4 Å². The van der Waals surface area contributed by atoms with Gasteiger partial charge in [0.05, 0.1) is 18.6 Å². The van der Waals surface area contributed by atoms with E-state index in [0.29, 0.717) is 24.2 Å². The third-order valence-electron chi connectivity index (χ3n) is 3.71. The van der Waals surface area contributed by atoms with E-state index in [2.05, 4.69) is 0 Å². The van der Waals surface area contributed by atoms with E-state index < -0.39 is 5.91 Å². The summed E-state index contributed by atoms with van der Waals surface area (Å²) in [6, 6.07) is 3.64. The van der Waals surface area contributed by atoms with Crippen molar-refractivity contribution in [2.75, 3.05) is 6.61 Å². The van der Waals surface area contributed by atoms with Gasteiger partial charge in [-0.25, -0.2) is 0 Å². The van der Waals surface area contributed by atoms with E-state index in [9.17, 15) is 14.4 Å². The van der Waals surface area contributed by atoms with Crippen molar-refractivity contribution in [3.05, 3.63) is 45.2 Å². The molecule has 126 valence electrons. The lowest BCUT2D eigenvalue weighted by Crippen LogP contribution is -2.31. The molecule has 1 aromatic rings. The van der Waals surface area contributed by atoms with Crippen molar-refractivity contribution in [1.82, 2.24) is 5.06 Å². The van der Waals surface area contributed by atoms with Crippen LogP contribution in [0, 0.1) is 0 Å². The summed E-state index contributed by atoms with van der Waals surface area (Å²) in [6.45, 7) is 2.22. The van der Waals surface area contributed by atoms with Crippen molar-refractivity contribution in [2.45, 2.75) is 32.8 Å². The van der Waals surface area contributed by atoms with Crippen LogP contribution in [-0.2, 0) is 37.0 Å². The highest BCUT2D eigenvalue weighted by molar-refractivity contribution is 7.12. The first-order valence-electron chi connectivity index (χ1n) is 7.74. The zero-order valence-electron chi connectivity index (χ0n) is 13.2. The number of hydroxylamine groups is 2. The molecule has 1 aliphatic heterocycles. The summed E-state index contributed by atoms with van der Waals surface area (Å²) in [6.07, 6.45) is 5.10. The summed E-state index contributed by atoms with van der Waals surface area (Å²) < 4.78 is 4.91. The van der Waals surface area contributed by atoms with Gasteiger partial charge in [0, 0.05) is 15.3 Å². The Labute approximate surface area is 143 Å². The van der Waals surface area contributed by atoms with Gasteiger partial charge >= 0.3 is 5.97 Å². The van der Waals surface area contributed by atoms with Gasteiger partial charge in [-0.1, -0.05) is 12.2 Å². The maximum absolute atomic E-state index is 12.2. The van der Waals surface area contributed by atoms with Gasteiger partial charge < -0.3 is 4.74 Å². The highest BCUT2D eigenvalue weighted by atomic mass is 32.1. The molecule has 0 saturated carbocycles. The average Bonchev–Trinajstić information content (AvgIpc) is 3.10. The molecule has 0 bridgehead atoms. The van der Waals surface area contributed by atoms with Crippen LogP contribution in [0.3, 0.4) is 0 Å². The zero-order chi connectivity index (χ0) is 17.1. The van der Waals surface area contributed by atoms with Gasteiger partial charge in [0.1, 0.15) is 6.61 Å². The highest BCUT2D eigenvalue weighted by Gasteiger charge is 2.38. The molecule has 2 aliphatic rings. The fraction of sp³-hybridized carbons (Fsp3) is 0.353. The number of esters is 1. The van der Waals surface area contributed by atoms with Crippen LogP contribution < -0.4 is 0 Å². The summed E-state index contributed by atoms with van der Waals surface area (Å²) >= 11 is 1.40. The molecule has 2 amide bonds. The number of thiophene rings is 1. The standard InChI is InChI=1S/C17H17NO5S/c1-2-22-15(19)9-11-7-8-12(24-11)10-23-18-16(20)13-5-3-4-6-14(13)17(18)21/h3,5,7-8H,2,4,6,9-10H2,1H3. The number of rotatable bonds is 6. The number of amides is 2. The van der Waals surface area contributed by atoms with E-state index >= 15 is 0 Å². The van der Waals surface area contributed by atoms with E-state index in [1.54, 1.807) is 13.0 Å². The second-order valence-electron chi connectivity index (χ2n) is 5.36. The number of allylic oxidation sites excluding steroid dienone is 1. The number of hydrogen-bond acceptors (Lipinski definition) is 6. The Morgan fingerprint density at radius 3 is 2.79 bits per heavy atom. The van der Waals surface area contributed by atoms with Crippen molar-refractivity contribution in [3.8, 4) is 0 Å². The molecule has 0 fully saturated rings. The predicted molar refractivity (Wildman–Crippen MR) is 86.7 cm³/mol. The topological polar surface area (TPSA) is 72.9 Å². The lowest BCUT2D eigenvalue weighted by molar-refractivity contribution is -0.189. The van der Waals surface area contributed by atoms with E-state index in [-0.39, 0.29) is 24.9 Å². The molecule has 0 aromatic carbocycles. The number of ether oxygens (including phenoxy) is 1. The Kier molecular flexibility index (Phi) is 4.92. The minimum absolute atomic E-state index is 0.106. The molecule has 0 N–H and O–H groups in total. The van der Waals surface area contributed by atoms with Crippen LogP contribution in [-0.4, -0.2) is 29.5 Å². The van der Waals surface area contributed by atoms with Gasteiger partial charge in [0.25, 0.3) is 11.8 Å². The fourth-order valence-corrected chi connectivity index (χ4v) is 3.52. The molecule has 0 radical (unpaired) electrons. The van der Waals surface area contributed by atoms with Crippen molar-refractivity contribution in [3.63, 3.8) is 0 Å². The van der Waals surface area contributed by atoms with Crippen LogP contribution in [0.1, 0.15) is 29.5 Å². The first kappa shape index (κ1) is 16.6. The molecular formula is C17H17NO5S. The highest BCUT2D eigenvalue weighted by Crippen LogP contribution is 2.30. The van der Waals surface area contributed by atoms with Crippen molar-refractivity contribution in [1.29, 1.82) is 0 Å².